The van der Waals surface area contributed by atoms with E-state index in [1.807, 2.05) is 13.8 Å². The molecule has 1 atom stereocenters. The van der Waals surface area contributed by atoms with E-state index in [0.29, 0.717) is 13.3 Å². The van der Waals surface area contributed by atoms with Crippen molar-refractivity contribution in [2.75, 3.05) is 20.4 Å². The van der Waals surface area contributed by atoms with Crippen LogP contribution >= 0.6 is 0 Å². The van der Waals surface area contributed by atoms with Crippen LogP contribution in [0.3, 0.4) is 0 Å². The Morgan fingerprint density at radius 1 is 1.64 bits per heavy atom. The smallest absolute Gasteiger partial charge is 0.241 e. The average Bonchev–Trinajstić information content (AvgIpc) is 2.09. The summed E-state index contributed by atoms with van der Waals surface area (Å²) in [5.74, 6) is 0.0174. The molecule has 0 radical (unpaired) electrons. The molecule has 0 aromatic rings. The molecule has 0 spiro atoms. The topological polar surface area (TPSA) is 50.4 Å². The molecule has 1 heterocycles. The predicted octanol–water partition coefficient (Wildman–Crippen LogP) is -0.296. The second-order valence-electron chi connectivity index (χ2n) is 1.90. The molecule has 1 fully saturated rings. The summed E-state index contributed by atoms with van der Waals surface area (Å²) in [6, 6.07) is -0.168. The van der Waals surface area contributed by atoms with Gasteiger partial charge in [0.1, 0.15) is 12.8 Å². The zero-order valence-electron chi connectivity index (χ0n) is 7.31. The molecule has 4 heteroatoms. The minimum absolute atomic E-state index is 0.0174. The minimum atomic E-state index is -0.168. The third-order valence-electron chi connectivity index (χ3n) is 1.30. The van der Waals surface area contributed by atoms with Gasteiger partial charge in [-0.25, -0.2) is 0 Å². The maximum atomic E-state index is 10.8. The maximum absolute atomic E-state index is 10.8. The third-order valence-corrected chi connectivity index (χ3v) is 1.30. The summed E-state index contributed by atoms with van der Waals surface area (Å²) in [7, 11) is 1.74. The first-order chi connectivity index (χ1) is 5.34. The van der Waals surface area contributed by atoms with Gasteiger partial charge in [-0.3, -0.25) is 4.79 Å². The van der Waals surface area contributed by atoms with E-state index in [4.69, 9.17) is 4.74 Å². The first-order valence-electron chi connectivity index (χ1n) is 3.87. The fourth-order valence-electron chi connectivity index (χ4n) is 0.712. The van der Waals surface area contributed by atoms with Gasteiger partial charge < -0.3 is 15.4 Å². The number of amides is 1. The predicted molar refractivity (Wildman–Crippen MR) is 43.2 cm³/mol. The van der Waals surface area contributed by atoms with Crippen molar-refractivity contribution in [2.24, 2.45) is 0 Å². The number of carbonyl (C=O) groups is 1. The van der Waals surface area contributed by atoms with Crippen LogP contribution in [0.4, 0.5) is 0 Å². The first kappa shape index (κ1) is 10.4. The largest absolute Gasteiger partial charge is 0.359 e. The number of hydrogen-bond acceptors (Lipinski definition) is 3. The highest BCUT2D eigenvalue weighted by atomic mass is 16.5. The molecular weight excluding hydrogens is 144 g/mol. The molecule has 1 aliphatic heterocycles. The summed E-state index contributed by atoms with van der Waals surface area (Å²) >= 11 is 0. The van der Waals surface area contributed by atoms with Crippen LogP contribution in [0.2, 0.25) is 0 Å². The molecule has 1 amide bonds. The Labute approximate surface area is 67.3 Å². The van der Waals surface area contributed by atoms with E-state index in [0.717, 1.165) is 0 Å². The molecule has 0 bridgehead atoms. The molecule has 1 rings (SSSR count). The fraction of sp³-hybridized carbons (Fsp3) is 0.857. The highest BCUT2D eigenvalue weighted by molar-refractivity contribution is 5.82. The summed E-state index contributed by atoms with van der Waals surface area (Å²) < 4.78 is 4.95. The highest BCUT2D eigenvalue weighted by Gasteiger charge is 2.19. The van der Waals surface area contributed by atoms with Crippen molar-refractivity contribution >= 4 is 5.91 Å². The van der Waals surface area contributed by atoms with Crippen molar-refractivity contribution < 1.29 is 9.53 Å². The van der Waals surface area contributed by atoms with E-state index in [-0.39, 0.29) is 11.9 Å². The van der Waals surface area contributed by atoms with E-state index in [9.17, 15) is 4.79 Å². The zero-order chi connectivity index (χ0) is 8.69. The lowest BCUT2D eigenvalue weighted by Gasteiger charge is -2.20. The van der Waals surface area contributed by atoms with Crippen LogP contribution in [0.5, 0.6) is 0 Å². The standard InChI is InChI=1S/C5H10N2O2.C2H6/c1-6-4-2-9-3-7-5(4)8;1-2/h4,6H,2-3H2,1H3,(H,7,8);1-2H3. The van der Waals surface area contributed by atoms with E-state index in [2.05, 4.69) is 10.6 Å². The number of hydrogen-bond donors (Lipinski definition) is 2. The third kappa shape index (κ3) is 3.34. The van der Waals surface area contributed by atoms with Gasteiger partial charge in [-0.2, -0.15) is 0 Å². The molecule has 1 aliphatic rings. The van der Waals surface area contributed by atoms with Crippen LogP contribution in [0.1, 0.15) is 13.8 Å². The SMILES string of the molecule is CC.CNC1COCNC1=O. The molecule has 4 nitrogen and oxygen atoms in total. The molecule has 0 aromatic heterocycles. The van der Waals surface area contributed by atoms with Gasteiger partial charge >= 0.3 is 0 Å². The van der Waals surface area contributed by atoms with Crippen molar-refractivity contribution in [2.45, 2.75) is 19.9 Å². The minimum Gasteiger partial charge on any atom is -0.359 e. The summed E-state index contributed by atoms with van der Waals surface area (Å²) in [5, 5.41) is 5.38. The molecular formula is C7H16N2O2. The van der Waals surface area contributed by atoms with E-state index < -0.39 is 0 Å². The highest BCUT2D eigenvalue weighted by Crippen LogP contribution is 1.90. The van der Waals surface area contributed by atoms with Gasteiger partial charge in [0.05, 0.1) is 6.61 Å². The maximum Gasteiger partial charge on any atom is 0.241 e. The second-order valence-corrected chi connectivity index (χ2v) is 1.90. The van der Waals surface area contributed by atoms with Gasteiger partial charge in [0.15, 0.2) is 0 Å². The molecule has 1 unspecified atom stereocenters. The fourth-order valence-corrected chi connectivity index (χ4v) is 0.712. The molecule has 2 N–H and O–H groups in total. The van der Waals surface area contributed by atoms with E-state index in [1.54, 1.807) is 7.05 Å². The lowest BCUT2D eigenvalue weighted by Crippen LogP contribution is -2.50. The normalized spacial score (nSPS) is 23.2. The number of nitrogens with one attached hydrogen (secondary N) is 2. The van der Waals surface area contributed by atoms with Gasteiger partial charge in [0, 0.05) is 0 Å². The van der Waals surface area contributed by atoms with Crippen molar-refractivity contribution in [3.05, 3.63) is 0 Å². The number of ether oxygens (including phenoxy) is 1. The van der Waals surface area contributed by atoms with Crippen LogP contribution in [-0.2, 0) is 9.53 Å². The van der Waals surface area contributed by atoms with Crippen molar-refractivity contribution in [3.63, 3.8) is 0 Å². The summed E-state index contributed by atoms with van der Waals surface area (Å²) in [6.45, 7) is 4.82. The Balaban J connectivity index is 0.000000461. The Bertz CT molecular complexity index is 117. The summed E-state index contributed by atoms with van der Waals surface area (Å²) in [6.07, 6.45) is 0. The van der Waals surface area contributed by atoms with Crippen molar-refractivity contribution in [3.8, 4) is 0 Å². The Kier molecular flexibility index (Phi) is 5.78. The van der Waals surface area contributed by atoms with E-state index >= 15 is 0 Å². The summed E-state index contributed by atoms with van der Waals surface area (Å²) in [4.78, 5) is 10.8. The van der Waals surface area contributed by atoms with Crippen LogP contribution < -0.4 is 10.6 Å². The van der Waals surface area contributed by atoms with Crippen molar-refractivity contribution in [1.29, 1.82) is 0 Å². The monoisotopic (exact) mass is 160 g/mol. The van der Waals surface area contributed by atoms with E-state index in [1.165, 1.54) is 0 Å². The lowest BCUT2D eigenvalue weighted by atomic mass is 10.3. The van der Waals surface area contributed by atoms with Gasteiger partial charge in [0.2, 0.25) is 5.91 Å². The Hall–Kier alpha value is -0.610. The molecule has 1 saturated heterocycles. The summed E-state index contributed by atoms with van der Waals surface area (Å²) in [5.41, 5.74) is 0. The van der Waals surface area contributed by atoms with Crippen molar-refractivity contribution in [1.82, 2.24) is 10.6 Å². The average molecular weight is 160 g/mol. The molecule has 0 aliphatic carbocycles. The molecule has 0 aromatic carbocycles. The Morgan fingerprint density at radius 3 is 2.64 bits per heavy atom. The Morgan fingerprint density at radius 2 is 2.27 bits per heavy atom. The van der Waals surface area contributed by atoms with Crippen LogP contribution in [0, 0.1) is 0 Å². The van der Waals surface area contributed by atoms with Crippen LogP contribution in [0.25, 0.3) is 0 Å². The molecule has 11 heavy (non-hydrogen) atoms. The molecule has 66 valence electrons. The van der Waals surface area contributed by atoms with Crippen LogP contribution in [0.15, 0.2) is 0 Å². The van der Waals surface area contributed by atoms with Gasteiger partial charge in [0.25, 0.3) is 0 Å². The quantitative estimate of drug-likeness (QED) is 0.554. The van der Waals surface area contributed by atoms with Crippen LogP contribution in [-0.4, -0.2) is 32.3 Å². The second kappa shape index (κ2) is 6.12. The van der Waals surface area contributed by atoms with Gasteiger partial charge in [-0.05, 0) is 7.05 Å². The van der Waals surface area contributed by atoms with Gasteiger partial charge in [-0.15, -0.1) is 0 Å². The number of carbonyl (C=O) groups excluding carboxylic acids is 1. The lowest BCUT2D eigenvalue weighted by molar-refractivity contribution is -0.130. The first-order valence-corrected chi connectivity index (χ1v) is 3.87. The number of rotatable bonds is 1. The van der Waals surface area contributed by atoms with Gasteiger partial charge in [-0.1, -0.05) is 13.8 Å². The molecule has 0 saturated carbocycles. The zero-order valence-corrected chi connectivity index (χ0v) is 7.31. The number of likely N-dealkylation sites (N-methyl/N-ethyl adjacent to an activating group) is 1.